The number of thiazole rings is 1. The third kappa shape index (κ3) is 8.25. The molecule has 0 unspecified atom stereocenters. The monoisotopic (exact) mass is 658 g/mol. The van der Waals surface area contributed by atoms with Crippen molar-refractivity contribution in [3.63, 3.8) is 0 Å². The van der Waals surface area contributed by atoms with Crippen LogP contribution < -0.4 is 16.0 Å². The summed E-state index contributed by atoms with van der Waals surface area (Å²) in [5.41, 5.74) is 2.15. The topological polar surface area (TPSA) is 172 Å². The van der Waals surface area contributed by atoms with Gasteiger partial charge in [0.25, 0.3) is 17.7 Å². The van der Waals surface area contributed by atoms with Gasteiger partial charge in [0.2, 0.25) is 11.8 Å². The highest BCUT2D eigenvalue weighted by Crippen LogP contribution is 2.27. The van der Waals surface area contributed by atoms with Crippen molar-refractivity contribution in [3.05, 3.63) is 93.1 Å². The van der Waals surface area contributed by atoms with E-state index in [9.17, 15) is 19.2 Å². The second kappa shape index (κ2) is 15.1. The molecule has 4 bridgehead atoms. The van der Waals surface area contributed by atoms with Gasteiger partial charge in [0.05, 0.1) is 17.3 Å². The molecule has 2 atom stereocenters. The summed E-state index contributed by atoms with van der Waals surface area (Å²) in [4.78, 5) is 72.2. The Morgan fingerprint density at radius 1 is 1.06 bits per heavy atom. The molecule has 0 saturated heterocycles. The van der Waals surface area contributed by atoms with E-state index in [0.717, 1.165) is 5.56 Å². The zero-order chi connectivity index (χ0) is 33.5. The van der Waals surface area contributed by atoms with Gasteiger partial charge in [0.1, 0.15) is 28.8 Å². The van der Waals surface area contributed by atoms with Crippen LogP contribution in [0.4, 0.5) is 0 Å². The van der Waals surface area contributed by atoms with Crippen molar-refractivity contribution in [2.24, 2.45) is 5.92 Å². The lowest BCUT2D eigenvalue weighted by Gasteiger charge is -2.23. The smallest absolute Gasteiger partial charge is 0.274 e. The van der Waals surface area contributed by atoms with Gasteiger partial charge in [0.15, 0.2) is 5.69 Å². The first kappa shape index (κ1) is 33.4. The molecule has 3 N–H and O–H groups in total. The molecule has 4 heterocycles. The number of hydrogen-bond acceptors (Lipinski definition) is 10. The highest BCUT2D eigenvalue weighted by molar-refractivity contribution is 7.09. The highest BCUT2D eigenvalue weighted by atomic mass is 32.1. The summed E-state index contributed by atoms with van der Waals surface area (Å²) in [6.45, 7) is 7.88. The predicted octanol–water partition coefficient (Wildman–Crippen LogP) is 3.73. The molecule has 3 aromatic heterocycles. The van der Waals surface area contributed by atoms with E-state index < -0.39 is 23.9 Å². The van der Waals surface area contributed by atoms with Crippen LogP contribution in [0.5, 0.6) is 0 Å². The fraction of sp³-hybridized carbons (Fsp3) is 0.394. The number of carbonyl (C=O) groups excluding carboxylic acids is 4. The molecule has 5 rings (SSSR count). The van der Waals surface area contributed by atoms with Crippen molar-refractivity contribution < 1.29 is 23.6 Å². The first-order chi connectivity index (χ1) is 22.6. The lowest BCUT2D eigenvalue weighted by Crippen LogP contribution is -2.40. The van der Waals surface area contributed by atoms with Crippen LogP contribution in [0, 0.1) is 19.8 Å². The van der Waals surface area contributed by atoms with Gasteiger partial charge in [-0.05, 0) is 31.7 Å². The highest BCUT2D eigenvalue weighted by Gasteiger charge is 2.29. The zero-order valence-corrected chi connectivity index (χ0v) is 27.6. The molecule has 1 aromatic carbocycles. The molecule has 0 aliphatic carbocycles. The Balaban J connectivity index is 1.46. The molecule has 14 heteroatoms. The van der Waals surface area contributed by atoms with Crippen molar-refractivity contribution in [3.8, 4) is 0 Å². The fourth-order valence-corrected chi connectivity index (χ4v) is 6.28. The summed E-state index contributed by atoms with van der Waals surface area (Å²) in [6.07, 6.45) is 3.69. The standard InChI is InChI=1S/C33H38N8O5S/c1-19(2)27-32-38-25(17-47-32)29(43)35-12-14-41(33(45)23-16-34-18-36-20(23)3)13-8-11-26(42)37-24(15-22-9-6-5-7-10-22)31-40-28(21(4)46-31)30(44)39-27/h5-7,9-10,16-19,24,27H,8,11-15H2,1-4H3,(H,35,43)(H,37,42)(H,39,44)/t24-,27-/m0/s1. The number of nitrogens with zero attached hydrogens (tertiary/aromatic N) is 5. The number of fused-ring (bicyclic) bond motifs is 4. The van der Waals surface area contributed by atoms with Crippen LogP contribution in [-0.2, 0) is 11.2 Å². The average molecular weight is 659 g/mol. The predicted molar refractivity (Wildman–Crippen MR) is 174 cm³/mol. The molecule has 246 valence electrons. The molecule has 0 spiro atoms. The van der Waals surface area contributed by atoms with Crippen LogP contribution in [-0.4, -0.2) is 68.1 Å². The van der Waals surface area contributed by atoms with E-state index in [4.69, 9.17) is 4.42 Å². The summed E-state index contributed by atoms with van der Waals surface area (Å²) >= 11 is 1.27. The number of amides is 4. The minimum Gasteiger partial charge on any atom is -0.443 e. The molecule has 13 nitrogen and oxygen atoms in total. The van der Waals surface area contributed by atoms with Crippen LogP contribution in [0.3, 0.4) is 0 Å². The number of nitrogens with one attached hydrogen (secondary N) is 3. The first-order valence-electron chi connectivity index (χ1n) is 15.5. The summed E-state index contributed by atoms with van der Waals surface area (Å²) in [6, 6.07) is 8.47. The number of oxazole rings is 1. The quantitative estimate of drug-likeness (QED) is 0.295. The van der Waals surface area contributed by atoms with Gasteiger partial charge in [-0.15, -0.1) is 11.3 Å². The second-order valence-corrected chi connectivity index (χ2v) is 12.6. The second-order valence-electron chi connectivity index (χ2n) is 11.7. The van der Waals surface area contributed by atoms with E-state index in [1.807, 2.05) is 44.2 Å². The SMILES string of the molecule is Cc1ncncc1C(=O)N1CCCC(=O)N[C@@H](Cc2ccccc2)c2nc(c(C)o2)C(=O)N[C@@H](C(C)C)c2nc(cs2)C(=O)NCC1. The van der Waals surface area contributed by atoms with Crippen molar-refractivity contribution >= 4 is 35.0 Å². The maximum Gasteiger partial charge on any atom is 0.274 e. The van der Waals surface area contributed by atoms with Crippen molar-refractivity contribution in [2.45, 2.75) is 59.0 Å². The Morgan fingerprint density at radius 2 is 1.85 bits per heavy atom. The molecule has 0 radical (unpaired) electrons. The minimum atomic E-state index is -0.643. The van der Waals surface area contributed by atoms with E-state index >= 15 is 0 Å². The number of aromatic nitrogens is 4. The van der Waals surface area contributed by atoms with Crippen molar-refractivity contribution in [1.29, 1.82) is 0 Å². The molecule has 1 aliphatic heterocycles. The van der Waals surface area contributed by atoms with Crippen LogP contribution in [0.15, 0.2) is 52.7 Å². The number of carbonyl (C=O) groups is 4. The summed E-state index contributed by atoms with van der Waals surface area (Å²) in [5, 5.41) is 11.1. The van der Waals surface area contributed by atoms with Gasteiger partial charge in [-0.1, -0.05) is 44.2 Å². The summed E-state index contributed by atoms with van der Waals surface area (Å²) < 4.78 is 6.00. The van der Waals surface area contributed by atoms with Gasteiger partial charge >= 0.3 is 0 Å². The van der Waals surface area contributed by atoms with E-state index in [-0.39, 0.29) is 61.1 Å². The summed E-state index contributed by atoms with van der Waals surface area (Å²) in [7, 11) is 0. The van der Waals surface area contributed by atoms with Gasteiger partial charge in [0, 0.05) is 44.1 Å². The van der Waals surface area contributed by atoms with Crippen LogP contribution >= 0.6 is 11.3 Å². The first-order valence-corrected chi connectivity index (χ1v) is 16.4. The van der Waals surface area contributed by atoms with Gasteiger partial charge < -0.3 is 25.3 Å². The molecule has 4 aromatic rings. The molecule has 0 fully saturated rings. The summed E-state index contributed by atoms with van der Waals surface area (Å²) in [5.74, 6) is -0.933. The maximum absolute atomic E-state index is 13.5. The Bertz CT molecular complexity index is 1740. The van der Waals surface area contributed by atoms with E-state index in [0.29, 0.717) is 34.9 Å². The van der Waals surface area contributed by atoms with Gasteiger partial charge in [-0.2, -0.15) is 0 Å². The average Bonchev–Trinajstić information content (AvgIpc) is 3.70. The Hall–Kier alpha value is -4.98. The molecule has 47 heavy (non-hydrogen) atoms. The Kier molecular flexibility index (Phi) is 10.7. The fourth-order valence-electron chi connectivity index (χ4n) is 5.26. The van der Waals surface area contributed by atoms with Gasteiger partial charge in [-0.3, -0.25) is 19.2 Å². The normalized spacial score (nSPS) is 18.3. The largest absolute Gasteiger partial charge is 0.443 e. The van der Waals surface area contributed by atoms with E-state index in [1.165, 1.54) is 23.9 Å². The number of aryl methyl sites for hydroxylation is 2. The number of hydrogen-bond donors (Lipinski definition) is 3. The van der Waals surface area contributed by atoms with Crippen LogP contribution in [0.1, 0.15) is 98.0 Å². The lowest BCUT2D eigenvalue weighted by atomic mass is 10.0. The van der Waals surface area contributed by atoms with Crippen LogP contribution in [0.25, 0.3) is 0 Å². The third-order valence-corrected chi connectivity index (χ3v) is 8.77. The minimum absolute atomic E-state index is 0.0549. The molecular weight excluding hydrogens is 620 g/mol. The molecule has 4 amide bonds. The third-order valence-electron chi connectivity index (χ3n) is 7.85. The number of rotatable bonds is 4. The van der Waals surface area contributed by atoms with Crippen molar-refractivity contribution in [2.75, 3.05) is 19.6 Å². The maximum atomic E-state index is 13.5. The van der Waals surface area contributed by atoms with Crippen molar-refractivity contribution in [1.82, 2.24) is 40.8 Å². The van der Waals surface area contributed by atoms with Crippen LogP contribution in [0.2, 0.25) is 0 Å². The molecular formula is C33H38N8O5S. The lowest BCUT2D eigenvalue weighted by molar-refractivity contribution is -0.122. The molecule has 0 saturated carbocycles. The molecule has 1 aliphatic rings. The van der Waals surface area contributed by atoms with Gasteiger partial charge in [-0.25, -0.2) is 19.9 Å². The Morgan fingerprint density at radius 3 is 2.60 bits per heavy atom. The Labute approximate surface area is 276 Å². The van der Waals surface area contributed by atoms with E-state index in [2.05, 4.69) is 35.9 Å². The van der Waals surface area contributed by atoms with E-state index in [1.54, 1.807) is 24.1 Å². The number of benzene rings is 1. The zero-order valence-electron chi connectivity index (χ0n) is 26.8.